The Bertz CT molecular complexity index is 534. The average molecular weight is 286 g/mol. The number of anilines is 1. The predicted molar refractivity (Wildman–Crippen MR) is 86.4 cm³/mol. The SMILES string of the molecule is CCC1C(=O)N(C)c2ccc(C(N)C3CCCCC3)cc21. The van der Waals surface area contributed by atoms with Crippen LogP contribution in [0.5, 0.6) is 0 Å². The number of benzene rings is 1. The first-order valence-electron chi connectivity index (χ1n) is 8.30. The zero-order valence-electron chi connectivity index (χ0n) is 13.1. The van der Waals surface area contributed by atoms with Crippen LogP contribution in [-0.4, -0.2) is 13.0 Å². The van der Waals surface area contributed by atoms with E-state index in [9.17, 15) is 4.79 Å². The fourth-order valence-electron chi connectivity index (χ4n) is 4.01. The summed E-state index contributed by atoms with van der Waals surface area (Å²) < 4.78 is 0. The molecular weight excluding hydrogens is 260 g/mol. The van der Waals surface area contributed by atoms with Gasteiger partial charge in [0.25, 0.3) is 0 Å². The fraction of sp³-hybridized carbons (Fsp3) is 0.611. The van der Waals surface area contributed by atoms with Gasteiger partial charge >= 0.3 is 0 Å². The Hall–Kier alpha value is -1.35. The third kappa shape index (κ3) is 2.48. The summed E-state index contributed by atoms with van der Waals surface area (Å²) in [6.45, 7) is 2.08. The van der Waals surface area contributed by atoms with Gasteiger partial charge in [0.05, 0.1) is 5.92 Å². The van der Waals surface area contributed by atoms with Crippen LogP contribution in [0.3, 0.4) is 0 Å². The number of rotatable bonds is 3. The lowest BCUT2D eigenvalue weighted by atomic mass is 9.81. The Labute approximate surface area is 127 Å². The second-order valence-electron chi connectivity index (χ2n) is 6.60. The van der Waals surface area contributed by atoms with E-state index in [0.717, 1.165) is 12.1 Å². The number of hydrogen-bond acceptors (Lipinski definition) is 2. The van der Waals surface area contributed by atoms with Crippen molar-refractivity contribution in [1.82, 2.24) is 0 Å². The van der Waals surface area contributed by atoms with Gasteiger partial charge in [-0.25, -0.2) is 0 Å². The van der Waals surface area contributed by atoms with Crippen LogP contribution in [0.15, 0.2) is 18.2 Å². The van der Waals surface area contributed by atoms with Crippen LogP contribution in [0, 0.1) is 5.92 Å². The van der Waals surface area contributed by atoms with Crippen molar-refractivity contribution in [3.05, 3.63) is 29.3 Å². The lowest BCUT2D eigenvalue weighted by molar-refractivity contribution is -0.119. The van der Waals surface area contributed by atoms with E-state index in [1.54, 1.807) is 4.90 Å². The van der Waals surface area contributed by atoms with E-state index in [2.05, 4.69) is 25.1 Å². The van der Waals surface area contributed by atoms with Crippen LogP contribution in [0.25, 0.3) is 0 Å². The van der Waals surface area contributed by atoms with Crippen LogP contribution < -0.4 is 10.6 Å². The molecule has 3 rings (SSSR count). The minimum absolute atomic E-state index is 0.0171. The van der Waals surface area contributed by atoms with Gasteiger partial charge < -0.3 is 10.6 Å². The van der Waals surface area contributed by atoms with Gasteiger partial charge in [-0.3, -0.25) is 4.79 Å². The summed E-state index contributed by atoms with van der Waals surface area (Å²) in [7, 11) is 1.87. The first-order valence-corrected chi connectivity index (χ1v) is 8.30. The van der Waals surface area contributed by atoms with Crippen molar-refractivity contribution in [2.75, 3.05) is 11.9 Å². The summed E-state index contributed by atoms with van der Waals surface area (Å²) in [5.74, 6) is 0.839. The number of hydrogen-bond donors (Lipinski definition) is 1. The molecule has 0 spiro atoms. The number of nitrogens with zero attached hydrogens (tertiary/aromatic N) is 1. The number of fused-ring (bicyclic) bond motifs is 1. The fourth-order valence-corrected chi connectivity index (χ4v) is 4.01. The van der Waals surface area contributed by atoms with Crippen molar-refractivity contribution in [2.45, 2.75) is 57.4 Å². The van der Waals surface area contributed by atoms with Crippen molar-refractivity contribution >= 4 is 11.6 Å². The first-order chi connectivity index (χ1) is 10.1. The van der Waals surface area contributed by atoms with Gasteiger partial charge in [-0.15, -0.1) is 0 Å². The van der Waals surface area contributed by atoms with Gasteiger partial charge in [0, 0.05) is 18.8 Å². The largest absolute Gasteiger partial charge is 0.324 e. The Morgan fingerprint density at radius 1 is 1.29 bits per heavy atom. The topological polar surface area (TPSA) is 46.3 Å². The van der Waals surface area contributed by atoms with Crippen molar-refractivity contribution in [1.29, 1.82) is 0 Å². The predicted octanol–water partition coefficient (Wildman–Crippen LogP) is 3.74. The summed E-state index contributed by atoms with van der Waals surface area (Å²) in [6, 6.07) is 6.53. The molecule has 0 saturated heterocycles. The molecular formula is C18H26N2O. The molecule has 2 atom stereocenters. The Morgan fingerprint density at radius 2 is 2.00 bits per heavy atom. The molecule has 1 amide bonds. The number of carbonyl (C=O) groups excluding carboxylic acids is 1. The van der Waals surface area contributed by atoms with E-state index in [1.807, 2.05) is 7.05 Å². The van der Waals surface area contributed by atoms with Crippen molar-refractivity contribution < 1.29 is 4.79 Å². The molecule has 1 heterocycles. The molecule has 2 unspecified atom stereocenters. The zero-order chi connectivity index (χ0) is 15.0. The van der Waals surface area contributed by atoms with Crippen LogP contribution in [-0.2, 0) is 4.79 Å². The smallest absolute Gasteiger partial charge is 0.234 e. The molecule has 0 aromatic heterocycles. The third-order valence-electron chi connectivity index (χ3n) is 5.37. The van der Waals surface area contributed by atoms with Crippen LogP contribution >= 0.6 is 0 Å². The zero-order valence-corrected chi connectivity index (χ0v) is 13.1. The molecule has 0 radical (unpaired) electrons. The third-order valence-corrected chi connectivity index (χ3v) is 5.37. The molecule has 1 aliphatic carbocycles. The van der Waals surface area contributed by atoms with Gasteiger partial charge in [0.2, 0.25) is 5.91 Å². The van der Waals surface area contributed by atoms with Gasteiger partial charge in [-0.05, 0) is 42.4 Å². The minimum Gasteiger partial charge on any atom is -0.324 e. The second-order valence-corrected chi connectivity index (χ2v) is 6.60. The Kier molecular flexibility index (Phi) is 4.03. The highest BCUT2D eigenvalue weighted by atomic mass is 16.2. The van der Waals surface area contributed by atoms with Crippen LogP contribution in [0.1, 0.15) is 68.5 Å². The number of amides is 1. The van der Waals surface area contributed by atoms with E-state index in [0.29, 0.717) is 5.92 Å². The number of likely N-dealkylation sites (N-methyl/N-ethyl adjacent to an activating group) is 1. The lowest BCUT2D eigenvalue weighted by Gasteiger charge is -2.28. The maximum Gasteiger partial charge on any atom is 0.234 e. The highest BCUT2D eigenvalue weighted by molar-refractivity contribution is 6.04. The second kappa shape index (κ2) is 5.80. The lowest BCUT2D eigenvalue weighted by Crippen LogP contribution is -2.23. The molecule has 1 fully saturated rings. The summed E-state index contributed by atoms with van der Waals surface area (Å²) in [5, 5.41) is 0. The van der Waals surface area contributed by atoms with Crippen molar-refractivity contribution in [3.8, 4) is 0 Å². The molecule has 114 valence electrons. The van der Waals surface area contributed by atoms with Gasteiger partial charge in [0.15, 0.2) is 0 Å². The number of nitrogens with two attached hydrogens (primary N) is 1. The van der Waals surface area contributed by atoms with E-state index in [1.165, 1.54) is 43.2 Å². The average Bonchev–Trinajstić information content (AvgIpc) is 2.78. The molecule has 3 heteroatoms. The van der Waals surface area contributed by atoms with Gasteiger partial charge in [0.1, 0.15) is 0 Å². The first kappa shape index (κ1) is 14.6. The molecule has 3 nitrogen and oxygen atoms in total. The summed E-state index contributed by atoms with van der Waals surface area (Å²) in [4.78, 5) is 14.1. The summed E-state index contributed by atoms with van der Waals surface area (Å²) >= 11 is 0. The van der Waals surface area contributed by atoms with Gasteiger partial charge in [-0.2, -0.15) is 0 Å². The molecule has 21 heavy (non-hydrogen) atoms. The maximum atomic E-state index is 12.3. The quantitative estimate of drug-likeness (QED) is 0.920. The summed E-state index contributed by atoms with van der Waals surface area (Å²) in [6.07, 6.45) is 7.32. The van der Waals surface area contributed by atoms with E-state index < -0.39 is 0 Å². The normalized spacial score (nSPS) is 24.2. The molecule has 1 aromatic carbocycles. The molecule has 1 aromatic rings. The van der Waals surface area contributed by atoms with Gasteiger partial charge in [-0.1, -0.05) is 38.3 Å². The van der Waals surface area contributed by atoms with E-state index in [-0.39, 0.29) is 17.9 Å². The van der Waals surface area contributed by atoms with Crippen molar-refractivity contribution in [3.63, 3.8) is 0 Å². The van der Waals surface area contributed by atoms with E-state index in [4.69, 9.17) is 5.73 Å². The Morgan fingerprint density at radius 3 is 2.67 bits per heavy atom. The monoisotopic (exact) mass is 286 g/mol. The molecule has 1 aliphatic heterocycles. The van der Waals surface area contributed by atoms with E-state index >= 15 is 0 Å². The minimum atomic E-state index is 0.0171. The molecule has 2 N–H and O–H groups in total. The van der Waals surface area contributed by atoms with Crippen LogP contribution in [0.2, 0.25) is 0 Å². The number of carbonyl (C=O) groups is 1. The molecule has 0 bridgehead atoms. The molecule has 1 saturated carbocycles. The highest BCUT2D eigenvalue weighted by Gasteiger charge is 2.34. The standard InChI is InChI=1S/C18H26N2O/c1-3-14-15-11-13(9-10-16(15)20(2)18(14)21)17(19)12-7-5-4-6-8-12/h9-12,14,17H,3-8,19H2,1-2H3. The van der Waals surface area contributed by atoms with Crippen molar-refractivity contribution in [2.24, 2.45) is 11.7 Å². The summed E-state index contributed by atoms with van der Waals surface area (Å²) in [5.41, 5.74) is 9.97. The molecule has 2 aliphatic rings. The highest BCUT2D eigenvalue weighted by Crippen LogP contribution is 2.41. The maximum absolute atomic E-state index is 12.3. The Balaban J connectivity index is 1.89. The van der Waals surface area contributed by atoms with Crippen LogP contribution in [0.4, 0.5) is 5.69 Å².